The highest BCUT2D eigenvalue weighted by Crippen LogP contribution is 2.32. The van der Waals surface area contributed by atoms with Gasteiger partial charge in [0.05, 0.1) is 5.56 Å². The predicted molar refractivity (Wildman–Crippen MR) is 54.2 cm³/mol. The highest BCUT2D eigenvalue weighted by Gasteiger charge is 2.38. The highest BCUT2D eigenvalue weighted by atomic mass is 19.4. The van der Waals surface area contributed by atoms with Crippen LogP contribution in [0, 0.1) is 5.82 Å². The molecule has 0 aromatic heterocycles. The van der Waals surface area contributed by atoms with Gasteiger partial charge in [-0.2, -0.15) is 26.3 Å². The van der Waals surface area contributed by atoms with Crippen LogP contribution in [0.3, 0.4) is 0 Å². The summed E-state index contributed by atoms with van der Waals surface area (Å²) in [5.41, 5.74) is -1.68. The van der Waals surface area contributed by atoms with Crippen LogP contribution in [0.2, 0.25) is 0 Å². The lowest BCUT2D eigenvalue weighted by atomic mass is 10.0. The lowest BCUT2D eigenvalue weighted by Gasteiger charge is -2.13. The Labute approximate surface area is 108 Å². The molecule has 1 aromatic rings. The Morgan fingerprint density at radius 3 is 2.20 bits per heavy atom. The zero-order chi connectivity index (χ0) is 15.6. The number of hydrogen-bond acceptors (Lipinski definition) is 1. The molecule has 1 amide bonds. The molecule has 0 radical (unpaired) electrons. The lowest BCUT2D eigenvalue weighted by molar-refractivity contribution is -0.173. The average Bonchev–Trinajstić information content (AvgIpc) is 2.28. The van der Waals surface area contributed by atoms with Crippen molar-refractivity contribution in [3.8, 4) is 0 Å². The smallest absolute Gasteiger partial charge is 0.348 e. The number of carbonyl (C=O) groups excluding carboxylic acids is 1. The van der Waals surface area contributed by atoms with Crippen LogP contribution in [0.5, 0.6) is 0 Å². The average molecular weight is 303 g/mol. The number of nitrogens with one attached hydrogen (secondary N) is 1. The van der Waals surface area contributed by atoms with Gasteiger partial charge in [0.2, 0.25) is 0 Å². The molecule has 2 nitrogen and oxygen atoms in total. The Bertz CT molecular complexity index is 493. The fourth-order valence-corrected chi connectivity index (χ4v) is 1.44. The van der Waals surface area contributed by atoms with Crippen molar-refractivity contribution in [3.05, 3.63) is 35.1 Å². The summed E-state index contributed by atoms with van der Waals surface area (Å²) in [4.78, 5) is 10.5. The third-order valence-electron chi connectivity index (χ3n) is 2.31. The van der Waals surface area contributed by atoms with E-state index < -0.39 is 48.2 Å². The van der Waals surface area contributed by atoms with Crippen molar-refractivity contribution in [2.75, 3.05) is 6.54 Å². The second-order valence-corrected chi connectivity index (χ2v) is 3.80. The van der Waals surface area contributed by atoms with Gasteiger partial charge in [-0.15, -0.1) is 0 Å². The number of amides is 1. The van der Waals surface area contributed by atoms with Crippen molar-refractivity contribution in [2.45, 2.75) is 18.8 Å². The van der Waals surface area contributed by atoms with Crippen LogP contribution in [0.4, 0.5) is 30.7 Å². The molecular weight excluding hydrogens is 295 g/mol. The monoisotopic (exact) mass is 303 g/mol. The molecule has 0 unspecified atom stereocenters. The van der Waals surface area contributed by atoms with E-state index in [0.29, 0.717) is 0 Å². The maximum Gasteiger partial charge on any atom is 0.471 e. The van der Waals surface area contributed by atoms with Crippen molar-refractivity contribution in [1.82, 2.24) is 5.32 Å². The molecule has 0 spiro atoms. The Kier molecular flexibility index (Phi) is 4.61. The summed E-state index contributed by atoms with van der Waals surface area (Å²) in [6.45, 7) is -0.646. The van der Waals surface area contributed by atoms with Crippen molar-refractivity contribution >= 4 is 5.91 Å². The van der Waals surface area contributed by atoms with Gasteiger partial charge in [-0.05, 0) is 24.1 Å². The molecule has 0 saturated carbocycles. The first-order chi connectivity index (χ1) is 9.01. The first kappa shape index (κ1) is 16.3. The molecule has 1 aromatic carbocycles. The number of rotatable bonds is 3. The Hall–Kier alpha value is -1.80. The number of halogens is 7. The lowest BCUT2D eigenvalue weighted by Crippen LogP contribution is -2.37. The van der Waals surface area contributed by atoms with Crippen LogP contribution in [0.1, 0.15) is 11.1 Å². The van der Waals surface area contributed by atoms with Crippen molar-refractivity contribution in [2.24, 2.45) is 0 Å². The minimum atomic E-state index is -5.10. The van der Waals surface area contributed by atoms with Gasteiger partial charge >= 0.3 is 18.3 Å². The third-order valence-corrected chi connectivity index (χ3v) is 2.31. The standard InChI is InChI=1S/C11H8F7NO/c12-7-2-1-6(8(5-7)10(13,14)15)3-4-19-9(20)11(16,17)18/h1-2,5H,3-4H2,(H,19,20). The molecule has 0 fully saturated rings. The first-order valence-corrected chi connectivity index (χ1v) is 5.22. The summed E-state index contributed by atoms with van der Waals surface area (Å²) < 4.78 is 86.0. The van der Waals surface area contributed by atoms with Crippen LogP contribution in [0.25, 0.3) is 0 Å². The van der Waals surface area contributed by atoms with Crippen molar-refractivity contribution < 1.29 is 35.5 Å². The van der Waals surface area contributed by atoms with Gasteiger partial charge in [0.25, 0.3) is 0 Å². The quantitative estimate of drug-likeness (QED) is 0.854. The van der Waals surface area contributed by atoms with Crippen LogP contribution in [-0.4, -0.2) is 18.6 Å². The molecule has 0 aliphatic carbocycles. The SMILES string of the molecule is O=C(NCCc1ccc(F)cc1C(F)(F)F)C(F)(F)F. The number of benzene rings is 1. The van der Waals surface area contributed by atoms with Gasteiger partial charge in [-0.25, -0.2) is 4.39 Å². The van der Waals surface area contributed by atoms with Gasteiger partial charge in [0, 0.05) is 6.54 Å². The summed E-state index contributed by atoms with van der Waals surface area (Å²) in [6.07, 6.45) is -10.4. The fraction of sp³-hybridized carbons (Fsp3) is 0.364. The van der Waals surface area contributed by atoms with E-state index in [-0.39, 0.29) is 6.07 Å². The molecule has 0 heterocycles. The van der Waals surface area contributed by atoms with Crippen LogP contribution in [-0.2, 0) is 17.4 Å². The van der Waals surface area contributed by atoms with Crippen LogP contribution in [0.15, 0.2) is 18.2 Å². The van der Waals surface area contributed by atoms with Gasteiger partial charge < -0.3 is 5.32 Å². The van der Waals surface area contributed by atoms with E-state index in [0.717, 1.165) is 12.1 Å². The van der Waals surface area contributed by atoms with Crippen molar-refractivity contribution in [3.63, 3.8) is 0 Å². The largest absolute Gasteiger partial charge is 0.471 e. The molecule has 0 aliphatic rings. The van der Waals surface area contributed by atoms with E-state index in [1.54, 1.807) is 0 Å². The van der Waals surface area contributed by atoms with Gasteiger partial charge in [0.1, 0.15) is 5.82 Å². The molecule has 0 atom stereocenters. The molecule has 9 heteroatoms. The Balaban J connectivity index is 2.77. The van der Waals surface area contributed by atoms with Crippen LogP contribution >= 0.6 is 0 Å². The zero-order valence-electron chi connectivity index (χ0n) is 9.70. The zero-order valence-corrected chi connectivity index (χ0v) is 9.70. The maximum atomic E-state index is 12.8. The molecule has 0 saturated heterocycles. The molecule has 20 heavy (non-hydrogen) atoms. The summed E-state index contributed by atoms with van der Waals surface area (Å²) in [5.74, 6) is -3.35. The molecule has 1 rings (SSSR count). The topological polar surface area (TPSA) is 29.1 Å². The molecule has 112 valence electrons. The minimum Gasteiger partial charge on any atom is -0.348 e. The van der Waals surface area contributed by atoms with Crippen LogP contribution < -0.4 is 5.32 Å². The van der Waals surface area contributed by atoms with E-state index in [1.807, 2.05) is 0 Å². The van der Waals surface area contributed by atoms with Gasteiger partial charge in [0.15, 0.2) is 0 Å². The summed E-state index contributed by atoms with van der Waals surface area (Å²) >= 11 is 0. The molecular formula is C11H8F7NO. The second kappa shape index (κ2) is 5.68. The highest BCUT2D eigenvalue weighted by molar-refractivity contribution is 5.81. The summed E-state index contributed by atoms with van der Waals surface area (Å²) in [7, 11) is 0. The summed E-state index contributed by atoms with van der Waals surface area (Å²) in [5, 5.41) is 1.44. The first-order valence-electron chi connectivity index (χ1n) is 5.22. The molecule has 0 bridgehead atoms. The van der Waals surface area contributed by atoms with Gasteiger partial charge in [-0.1, -0.05) is 6.07 Å². The predicted octanol–water partition coefficient (Wildman–Crippen LogP) is 3.07. The van der Waals surface area contributed by atoms with Crippen molar-refractivity contribution in [1.29, 1.82) is 0 Å². The third kappa shape index (κ3) is 4.39. The maximum absolute atomic E-state index is 12.8. The molecule has 1 N–H and O–H groups in total. The number of carbonyl (C=O) groups is 1. The van der Waals surface area contributed by atoms with Gasteiger partial charge in [-0.3, -0.25) is 4.79 Å². The Morgan fingerprint density at radius 2 is 1.70 bits per heavy atom. The number of hydrogen-bond donors (Lipinski definition) is 1. The summed E-state index contributed by atoms with van der Waals surface area (Å²) in [6, 6.07) is 1.83. The number of alkyl halides is 6. The second-order valence-electron chi connectivity index (χ2n) is 3.80. The molecule has 0 aliphatic heterocycles. The van der Waals surface area contributed by atoms with E-state index in [2.05, 4.69) is 0 Å². The van der Waals surface area contributed by atoms with E-state index in [4.69, 9.17) is 0 Å². The fourth-order valence-electron chi connectivity index (χ4n) is 1.44. The Morgan fingerprint density at radius 1 is 1.10 bits per heavy atom. The van der Waals surface area contributed by atoms with E-state index in [1.165, 1.54) is 5.32 Å². The normalized spacial score (nSPS) is 12.3. The van der Waals surface area contributed by atoms with E-state index >= 15 is 0 Å². The minimum absolute atomic E-state index is 0.251. The van der Waals surface area contributed by atoms with E-state index in [9.17, 15) is 35.5 Å².